The van der Waals surface area contributed by atoms with Gasteiger partial charge in [0.2, 0.25) is 0 Å². The van der Waals surface area contributed by atoms with Crippen LogP contribution in [0.1, 0.15) is 15.9 Å². The zero-order valence-corrected chi connectivity index (χ0v) is 9.94. The van der Waals surface area contributed by atoms with Gasteiger partial charge in [-0.25, -0.2) is 17.6 Å². The summed E-state index contributed by atoms with van der Waals surface area (Å²) in [6.45, 7) is 0. The van der Waals surface area contributed by atoms with Crippen molar-refractivity contribution in [1.29, 1.82) is 0 Å². The Morgan fingerprint density at radius 1 is 0.842 bits per heavy atom. The van der Waals surface area contributed by atoms with Crippen molar-refractivity contribution in [2.24, 2.45) is 0 Å². The molecule has 0 spiro atoms. The molecule has 2 rings (SSSR count). The lowest BCUT2D eigenvalue weighted by Gasteiger charge is -2.06. The first-order valence-corrected chi connectivity index (χ1v) is 5.42. The molecule has 98 valence electrons. The van der Waals surface area contributed by atoms with Gasteiger partial charge in [-0.15, -0.1) is 0 Å². The minimum absolute atomic E-state index is 0.354. The Balaban J connectivity index is 2.53. The van der Waals surface area contributed by atoms with Gasteiger partial charge in [0.1, 0.15) is 11.6 Å². The van der Waals surface area contributed by atoms with Gasteiger partial charge in [-0.3, -0.25) is 4.79 Å². The molecule has 0 bridgehead atoms. The lowest BCUT2D eigenvalue weighted by atomic mass is 10.0. The number of hydrogen-bond donors (Lipinski definition) is 0. The summed E-state index contributed by atoms with van der Waals surface area (Å²) in [6.07, 6.45) is 0. The molecule has 2 aromatic rings. The first-order valence-electron chi connectivity index (χ1n) is 5.04. The summed E-state index contributed by atoms with van der Waals surface area (Å²) < 4.78 is 52.1. The summed E-state index contributed by atoms with van der Waals surface area (Å²) in [5, 5.41) is -0.354. The normalized spacial score (nSPS) is 10.6. The number of ketones is 1. The average Bonchev–Trinajstić information content (AvgIpc) is 2.33. The topological polar surface area (TPSA) is 17.1 Å². The second-order valence-electron chi connectivity index (χ2n) is 3.70. The van der Waals surface area contributed by atoms with E-state index < -0.39 is 40.2 Å². The van der Waals surface area contributed by atoms with E-state index in [4.69, 9.17) is 11.6 Å². The van der Waals surface area contributed by atoms with Gasteiger partial charge in [0.05, 0.1) is 10.6 Å². The second kappa shape index (κ2) is 5.01. The van der Waals surface area contributed by atoms with E-state index in [1.165, 1.54) is 0 Å². The predicted octanol–water partition coefficient (Wildman–Crippen LogP) is 4.13. The van der Waals surface area contributed by atoms with E-state index >= 15 is 0 Å². The van der Waals surface area contributed by atoms with Crippen molar-refractivity contribution in [1.82, 2.24) is 0 Å². The highest BCUT2D eigenvalue weighted by Gasteiger charge is 2.19. The molecule has 0 saturated heterocycles. The van der Waals surface area contributed by atoms with Gasteiger partial charge < -0.3 is 0 Å². The largest absolute Gasteiger partial charge is 0.288 e. The summed E-state index contributed by atoms with van der Waals surface area (Å²) in [5.41, 5.74) is -0.875. The van der Waals surface area contributed by atoms with Crippen LogP contribution in [0.25, 0.3) is 0 Å². The molecule has 0 saturated carbocycles. The van der Waals surface area contributed by atoms with E-state index in [1.807, 2.05) is 0 Å². The lowest BCUT2D eigenvalue weighted by Crippen LogP contribution is -2.06. The van der Waals surface area contributed by atoms with E-state index in [0.717, 1.165) is 12.1 Å². The number of carbonyl (C=O) groups is 1. The highest BCUT2D eigenvalue weighted by Crippen LogP contribution is 2.24. The van der Waals surface area contributed by atoms with Gasteiger partial charge in [0.15, 0.2) is 17.4 Å². The van der Waals surface area contributed by atoms with Crippen molar-refractivity contribution < 1.29 is 22.4 Å². The smallest absolute Gasteiger partial charge is 0.197 e. The van der Waals surface area contributed by atoms with Crippen LogP contribution in [0.2, 0.25) is 5.02 Å². The number of carbonyl (C=O) groups excluding carboxylic acids is 1. The highest BCUT2D eigenvalue weighted by atomic mass is 35.5. The molecule has 0 aliphatic rings. The van der Waals surface area contributed by atoms with Crippen LogP contribution in [0.3, 0.4) is 0 Å². The third-order valence-corrected chi connectivity index (χ3v) is 2.74. The number of hydrogen-bond acceptors (Lipinski definition) is 1. The zero-order chi connectivity index (χ0) is 14.2. The Morgan fingerprint density at radius 2 is 1.47 bits per heavy atom. The molecular formula is C13H5ClF4O. The molecule has 0 heterocycles. The van der Waals surface area contributed by atoms with Crippen LogP contribution >= 0.6 is 11.6 Å². The van der Waals surface area contributed by atoms with Crippen molar-refractivity contribution >= 4 is 17.4 Å². The van der Waals surface area contributed by atoms with Crippen molar-refractivity contribution in [2.45, 2.75) is 0 Å². The van der Waals surface area contributed by atoms with Gasteiger partial charge in [0, 0.05) is 11.6 Å². The van der Waals surface area contributed by atoms with Crippen LogP contribution in [-0.2, 0) is 0 Å². The quantitative estimate of drug-likeness (QED) is 0.461. The van der Waals surface area contributed by atoms with E-state index in [-0.39, 0.29) is 5.02 Å². The molecule has 0 N–H and O–H groups in total. The fourth-order valence-electron chi connectivity index (χ4n) is 1.52. The predicted molar refractivity (Wildman–Crippen MR) is 61.2 cm³/mol. The van der Waals surface area contributed by atoms with Crippen LogP contribution in [0.5, 0.6) is 0 Å². The molecule has 6 heteroatoms. The lowest BCUT2D eigenvalue weighted by molar-refractivity contribution is 0.103. The van der Waals surface area contributed by atoms with E-state index in [0.29, 0.717) is 18.2 Å². The van der Waals surface area contributed by atoms with Gasteiger partial charge >= 0.3 is 0 Å². The molecule has 1 nitrogen and oxygen atoms in total. The van der Waals surface area contributed by atoms with Crippen molar-refractivity contribution in [3.8, 4) is 0 Å². The molecular weight excluding hydrogens is 284 g/mol. The van der Waals surface area contributed by atoms with Crippen molar-refractivity contribution in [3.05, 3.63) is 69.8 Å². The summed E-state index contributed by atoms with van der Waals surface area (Å²) in [6, 6.07) is 3.49. The van der Waals surface area contributed by atoms with E-state index in [2.05, 4.69) is 0 Å². The minimum atomic E-state index is -1.28. The maximum atomic E-state index is 13.4. The van der Waals surface area contributed by atoms with Crippen molar-refractivity contribution in [3.63, 3.8) is 0 Å². The minimum Gasteiger partial charge on any atom is -0.288 e. The maximum absolute atomic E-state index is 13.4. The molecule has 0 radical (unpaired) electrons. The first kappa shape index (κ1) is 13.5. The third-order valence-electron chi connectivity index (χ3n) is 2.43. The Morgan fingerprint density at radius 3 is 2.11 bits per heavy atom. The van der Waals surface area contributed by atoms with Crippen molar-refractivity contribution in [2.75, 3.05) is 0 Å². The molecule has 0 amide bonds. The number of benzene rings is 2. The summed E-state index contributed by atoms with van der Waals surface area (Å²) in [5.74, 6) is -5.42. The van der Waals surface area contributed by atoms with Gasteiger partial charge in [-0.05, 0) is 24.3 Å². The zero-order valence-electron chi connectivity index (χ0n) is 9.18. The average molecular weight is 289 g/mol. The Kier molecular flexibility index (Phi) is 3.57. The Labute approximate surface area is 110 Å². The second-order valence-corrected chi connectivity index (χ2v) is 4.11. The first-order chi connectivity index (χ1) is 8.90. The Hall–Kier alpha value is -1.88. The van der Waals surface area contributed by atoms with E-state index in [1.54, 1.807) is 0 Å². The summed E-state index contributed by atoms with van der Waals surface area (Å²) in [4.78, 5) is 11.9. The molecule has 19 heavy (non-hydrogen) atoms. The van der Waals surface area contributed by atoms with Crippen LogP contribution in [0.4, 0.5) is 17.6 Å². The standard InChI is InChI=1S/C13H5ClF4O/c14-9-5-12(18)11(17)4-8(9)13(19)7-2-1-6(15)3-10(7)16/h1-5H. The van der Waals surface area contributed by atoms with Crippen LogP contribution < -0.4 is 0 Å². The van der Waals surface area contributed by atoms with Crippen LogP contribution in [-0.4, -0.2) is 5.78 Å². The fraction of sp³-hybridized carbons (Fsp3) is 0. The van der Waals surface area contributed by atoms with Gasteiger partial charge in [-0.2, -0.15) is 0 Å². The number of halogens is 5. The van der Waals surface area contributed by atoms with Crippen LogP contribution in [0.15, 0.2) is 30.3 Å². The van der Waals surface area contributed by atoms with E-state index in [9.17, 15) is 22.4 Å². The molecule has 0 aliphatic carbocycles. The molecule has 0 atom stereocenters. The fourth-order valence-corrected chi connectivity index (χ4v) is 1.75. The highest BCUT2D eigenvalue weighted by molar-refractivity contribution is 6.35. The molecule has 0 fully saturated rings. The number of rotatable bonds is 2. The monoisotopic (exact) mass is 288 g/mol. The SMILES string of the molecule is O=C(c1ccc(F)cc1F)c1cc(F)c(F)cc1Cl. The molecule has 0 unspecified atom stereocenters. The maximum Gasteiger partial charge on any atom is 0.197 e. The summed E-state index contributed by atoms with van der Waals surface area (Å²) >= 11 is 5.61. The van der Waals surface area contributed by atoms with Gasteiger partial charge in [0.25, 0.3) is 0 Å². The third kappa shape index (κ3) is 2.61. The van der Waals surface area contributed by atoms with Crippen LogP contribution in [0, 0.1) is 23.3 Å². The molecule has 0 aromatic heterocycles. The molecule has 0 aliphatic heterocycles. The molecule has 2 aromatic carbocycles. The Bertz CT molecular complexity index is 670. The van der Waals surface area contributed by atoms with Gasteiger partial charge in [-0.1, -0.05) is 11.6 Å². The summed E-state index contributed by atoms with van der Waals surface area (Å²) in [7, 11) is 0.